The zero-order valence-electron chi connectivity index (χ0n) is 22.8. The van der Waals surface area contributed by atoms with Crippen LogP contribution in [-0.4, -0.2) is 90.5 Å². The Labute approximate surface area is 237 Å². The minimum Gasteiger partial charge on any atom is -0.462 e. The number of morpholine rings is 1. The van der Waals surface area contributed by atoms with Gasteiger partial charge in [0.25, 0.3) is 0 Å². The monoisotopic (exact) mass is 565 g/mol. The van der Waals surface area contributed by atoms with Gasteiger partial charge in [-0.05, 0) is 55.5 Å². The van der Waals surface area contributed by atoms with Gasteiger partial charge in [-0.3, -0.25) is 4.90 Å². The summed E-state index contributed by atoms with van der Waals surface area (Å²) < 4.78 is 26.5. The molecule has 0 unspecified atom stereocenters. The number of hydrogen-bond donors (Lipinski definition) is 1. The zero-order chi connectivity index (χ0) is 27.4. The van der Waals surface area contributed by atoms with Crippen LogP contribution in [0.25, 0.3) is 32.9 Å². The van der Waals surface area contributed by atoms with Crippen LogP contribution in [0.1, 0.15) is 18.4 Å². The number of ether oxygens (including phenoxy) is 2. The Hall–Kier alpha value is -3.05. The zero-order valence-corrected chi connectivity index (χ0v) is 23.5. The van der Waals surface area contributed by atoms with E-state index in [1.54, 1.807) is 12.3 Å². The maximum Gasteiger partial charge on any atom is 0.319 e. The molecular formula is C29H33ClFN7O2. The lowest BCUT2D eigenvalue weighted by molar-refractivity contribution is -0.0119. The van der Waals surface area contributed by atoms with Crippen LogP contribution in [0.5, 0.6) is 6.01 Å². The van der Waals surface area contributed by atoms with E-state index in [1.807, 2.05) is 19.1 Å². The van der Waals surface area contributed by atoms with E-state index >= 15 is 0 Å². The summed E-state index contributed by atoms with van der Waals surface area (Å²) in [5, 5.41) is 9.41. The van der Waals surface area contributed by atoms with Gasteiger partial charge in [0.2, 0.25) is 0 Å². The second-order valence-electron chi connectivity index (χ2n) is 11.4. The SMILES string of the molecule is Cc1c(Cl)cc2c(cnn2F)c1-c1cccc2c(N3CCC4(CC3)CNC4)nc(OC[C@H]3COCCN3C)nc12. The number of nitrogens with one attached hydrogen (secondary N) is 1. The molecule has 0 saturated carbocycles. The highest BCUT2D eigenvalue weighted by atomic mass is 35.5. The molecule has 3 saturated heterocycles. The van der Waals surface area contributed by atoms with Gasteiger partial charge in [-0.15, -0.1) is 5.10 Å². The van der Waals surface area contributed by atoms with E-state index in [2.05, 4.69) is 33.3 Å². The summed E-state index contributed by atoms with van der Waals surface area (Å²) in [6, 6.07) is 8.14. The third-order valence-electron chi connectivity index (χ3n) is 9.03. The molecule has 210 valence electrons. The highest BCUT2D eigenvalue weighted by Crippen LogP contribution is 2.42. The molecule has 3 fully saturated rings. The molecule has 2 aromatic carbocycles. The van der Waals surface area contributed by atoms with Crippen molar-refractivity contribution < 1.29 is 14.0 Å². The number of nitrogens with zero attached hydrogens (tertiary/aromatic N) is 6. The summed E-state index contributed by atoms with van der Waals surface area (Å²) in [6.45, 7) is 8.59. The first-order chi connectivity index (χ1) is 19.4. The molecule has 0 amide bonds. The highest BCUT2D eigenvalue weighted by molar-refractivity contribution is 6.33. The van der Waals surface area contributed by atoms with Crippen molar-refractivity contribution in [2.75, 3.05) is 64.5 Å². The number of halogens is 2. The minimum absolute atomic E-state index is 0.123. The standard InChI is InChI=1S/C29H33ClFN7O2/c1-18-23(30)12-24-22(13-33-38(24)31)25(18)20-4-3-5-21-26(20)34-28(40-15-19-14-39-11-10-36(19)2)35-27(21)37-8-6-29(7-9-37)16-32-17-29/h3-5,12-13,19,32H,6-11,14-17H2,1-2H3/t19-/m1/s1. The molecule has 0 bridgehead atoms. The van der Waals surface area contributed by atoms with Gasteiger partial charge >= 0.3 is 6.01 Å². The lowest BCUT2D eigenvalue weighted by Crippen LogP contribution is -2.58. The average Bonchev–Trinajstić information content (AvgIpc) is 3.31. The molecule has 2 aromatic heterocycles. The number of para-hydroxylation sites is 1. The first-order valence-electron chi connectivity index (χ1n) is 13.9. The van der Waals surface area contributed by atoms with Crippen LogP contribution in [0.4, 0.5) is 10.3 Å². The van der Waals surface area contributed by atoms with Crippen molar-refractivity contribution in [2.45, 2.75) is 25.8 Å². The molecule has 40 heavy (non-hydrogen) atoms. The van der Waals surface area contributed by atoms with Crippen molar-refractivity contribution in [3.8, 4) is 17.1 Å². The van der Waals surface area contributed by atoms with Crippen molar-refractivity contribution in [1.29, 1.82) is 0 Å². The van der Waals surface area contributed by atoms with Gasteiger partial charge in [-0.2, -0.15) is 9.97 Å². The van der Waals surface area contributed by atoms with E-state index in [0.717, 1.165) is 85.6 Å². The van der Waals surface area contributed by atoms with E-state index in [-0.39, 0.29) is 6.04 Å². The Morgan fingerprint density at radius 1 is 1.18 bits per heavy atom. The van der Waals surface area contributed by atoms with E-state index in [4.69, 9.17) is 31.0 Å². The van der Waals surface area contributed by atoms with Crippen molar-refractivity contribution in [3.05, 3.63) is 41.0 Å². The molecule has 5 heterocycles. The van der Waals surface area contributed by atoms with Gasteiger partial charge < -0.3 is 19.7 Å². The maximum atomic E-state index is 14.5. The summed E-state index contributed by atoms with van der Waals surface area (Å²) in [5.41, 5.74) is 3.98. The van der Waals surface area contributed by atoms with Gasteiger partial charge in [-0.25, -0.2) is 0 Å². The number of fused-ring (bicyclic) bond motifs is 2. The predicted octanol–water partition coefficient (Wildman–Crippen LogP) is 4.24. The summed E-state index contributed by atoms with van der Waals surface area (Å²) in [4.78, 5) is 14.9. The summed E-state index contributed by atoms with van der Waals surface area (Å²) >= 11 is 6.61. The molecule has 9 nitrogen and oxygen atoms in total. The third kappa shape index (κ3) is 4.38. The van der Waals surface area contributed by atoms with Crippen molar-refractivity contribution >= 4 is 39.2 Å². The Kier molecular flexibility index (Phi) is 6.53. The van der Waals surface area contributed by atoms with Gasteiger partial charge in [0, 0.05) is 54.1 Å². The molecular weight excluding hydrogens is 533 g/mol. The van der Waals surface area contributed by atoms with Crippen molar-refractivity contribution in [1.82, 2.24) is 30.2 Å². The molecule has 3 aliphatic rings. The van der Waals surface area contributed by atoms with E-state index < -0.39 is 0 Å². The van der Waals surface area contributed by atoms with Gasteiger partial charge in [-0.1, -0.05) is 33.1 Å². The quantitative estimate of drug-likeness (QED) is 0.385. The maximum absolute atomic E-state index is 14.5. The Bertz CT molecular complexity index is 1580. The third-order valence-corrected chi connectivity index (χ3v) is 9.43. The second-order valence-corrected chi connectivity index (χ2v) is 11.8. The first kappa shape index (κ1) is 25.9. The number of likely N-dealkylation sites (N-methyl/N-ethyl adjacent to an activating group) is 1. The largest absolute Gasteiger partial charge is 0.462 e. The number of benzene rings is 2. The van der Waals surface area contributed by atoms with E-state index in [0.29, 0.717) is 45.5 Å². The molecule has 0 aliphatic carbocycles. The van der Waals surface area contributed by atoms with Crippen molar-refractivity contribution in [2.24, 2.45) is 5.41 Å². The topological polar surface area (TPSA) is 80.6 Å². The smallest absolute Gasteiger partial charge is 0.319 e. The summed E-state index contributed by atoms with van der Waals surface area (Å²) in [5.74, 6) is 0.870. The average molecular weight is 566 g/mol. The fourth-order valence-electron chi connectivity index (χ4n) is 6.29. The van der Waals surface area contributed by atoms with E-state index in [9.17, 15) is 4.48 Å². The Balaban J connectivity index is 1.35. The molecule has 1 atom stereocenters. The van der Waals surface area contributed by atoms with Gasteiger partial charge in [0.15, 0.2) is 0 Å². The van der Waals surface area contributed by atoms with Gasteiger partial charge in [0.1, 0.15) is 17.9 Å². The summed E-state index contributed by atoms with van der Waals surface area (Å²) in [7, 11) is 2.08. The van der Waals surface area contributed by atoms with Crippen LogP contribution in [0.15, 0.2) is 30.5 Å². The molecule has 1 N–H and O–H groups in total. The highest BCUT2D eigenvalue weighted by Gasteiger charge is 2.40. The number of piperidine rings is 1. The van der Waals surface area contributed by atoms with Crippen LogP contribution >= 0.6 is 11.6 Å². The number of aromatic nitrogens is 4. The summed E-state index contributed by atoms with van der Waals surface area (Å²) in [6.07, 6.45) is 3.78. The fourth-order valence-corrected chi connectivity index (χ4v) is 6.49. The minimum atomic E-state index is 0.123. The van der Waals surface area contributed by atoms with Crippen LogP contribution in [0.3, 0.4) is 0 Å². The van der Waals surface area contributed by atoms with Crippen LogP contribution in [-0.2, 0) is 4.74 Å². The van der Waals surface area contributed by atoms with Gasteiger partial charge in [0.05, 0.1) is 31.0 Å². The fraction of sp³-hybridized carbons (Fsp3) is 0.483. The molecule has 0 radical (unpaired) electrons. The lowest BCUT2D eigenvalue weighted by Gasteiger charge is -2.48. The first-order valence-corrected chi connectivity index (χ1v) is 14.3. The molecule has 11 heteroatoms. The normalized spacial score (nSPS) is 21.3. The second kappa shape index (κ2) is 10.1. The van der Waals surface area contributed by atoms with Crippen LogP contribution in [0, 0.1) is 12.3 Å². The molecule has 7 rings (SSSR count). The lowest BCUT2D eigenvalue weighted by atomic mass is 9.73. The number of anilines is 1. The Morgan fingerprint density at radius 2 is 2.00 bits per heavy atom. The van der Waals surface area contributed by atoms with E-state index in [1.165, 1.54) is 0 Å². The molecule has 3 aliphatic heterocycles. The Morgan fingerprint density at radius 3 is 2.75 bits per heavy atom. The van der Waals surface area contributed by atoms with Crippen LogP contribution < -0.4 is 15.0 Å². The predicted molar refractivity (Wildman–Crippen MR) is 154 cm³/mol. The number of rotatable bonds is 5. The molecule has 1 spiro atoms. The van der Waals surface area contributed by atoms with Crippen LogP contribution in [0.2, 0.25) is 5.02 Å². The molecule has 4 aromatic rings. The van der Waals surface area contributed by atoms with Crippen molar-refractivity contribution in [3.63, 3.8) is 0 Å². The number of hydrogen-bond acceptors (Lipinski definition) is 8.